The fourth-order valence-electron chi connectivity index (χ4n) is 2.17. The van der Waals surface area contributed by atoms with Gasteiger partial charge in [-0.3, -0.25) is 0 Å². The van der Waals surface area contributed by atoms with Crippen molar-refractivity contribution in [2.45, 2.75) is 24.3 Å². The maximum atomic E-state index is 12.3. The molecule has 2 unspecified atom stereocenters. The number of nitrogens with one attached hydrogen (secondary N) is 2. The number of nitriles is 1. The van der Waals surface area contributed by atoms with Gasteiger partial charge >= 0.3 is 0 Å². The molecule has 0 radical (unpaired) electrons. The maximum absolute atomic E-state index is 12.3. The van der Waals surface area contributed by atoms with Gasteiger partial charge in [0.2, 0.25) is 10.0 Å². The highest BCUT2D eigenvalue weighted by molar-refractivity contribution is 7.89. The first-order valence-corrected chi connectivity index (χ1v) is 8.23. The van der Waals surface area contributed by atoms with Crippen LogP contribution in [0.4, 0.5) is 0 Å². The number of hydrogen-bond acceptors (Lipinski definition) is 4. The molecule has 1 aliphatic heterocycles. The van der Waals surface area contributed by atoms with Crippen LogP contribution in [-0.4, -0.2) is 27.5 Å². The monoisotopic (exact) mass is 313 g/mol. The number of sulfonamides is 1. The van der Waals surface area contributed by atoms with Gasteiger partial charge in [0, 0.05) is 12.6 Å². The average molecular weight is 314 g/mol. The number of benzene rings is 1. The molecule has 1 aromatic rings. The molecule has 7 heteroatoms. The van der Waals surface area contributed by atoms with Crippen molar-refractivity contribution in [3.05, 3.63) is 28.8 Å². The topological polar surface area (TPSA) is 82.0 Å². The van der Waals surface area contributed by atoms with E-state index in [0.29, 0.717) is 6.54 Å². The van der Waals surface area contributed by atoms with Crippen molar-refractivity contribution in [3.63, 3.8) is 0 Å². The van der Waals surface area contributed by atoms with E-state index in [1.807, 2.05) is 13.0 Å². The average Bonchev–Trinajstić information content (AvgIpc) is 2.41. The van der Waals surface area contributed by atoms with E-state index in [2.05, 4.69) is 10.0 Å². The van der Waals surface area contributed by atoms with Crippen molar-refractivity contribution in [1.29, 1.82) is 5.26 Å². The maximum Gasteiger partial charge on any atom is 0.240 e. The largest absolute Gasteiger partial charge is 0.315 e. The lowest BCUT2D eigenvalue weighted by Crippen LogP contribution is -2.50. The molecule has 0 aromatic heterocycles. The van der Waals surface area contributed by atoms with Gasteiger partial charge in [0.25, 0.3) is 0 Å². The van der Waals surface area contributed by atoms with Gasteiger partial charge in [-0.1, -0.05) is 18.5 Å². The van der Waals surface area contributed by atoms with Crippen molar-refractivity contribution in [3.8, 4) is 6.07 Å². The third-order valence-electron chi connectivity index (χ3n) is 3.50. The predicted octanol–water partition coefficient (Wildman–Crippen LogP) is 1.49. The van der Waals surface area contributed by atoms with Gasteiger partial charge in [-0.05, 0) is 37.1 Å². The molecular weight excluding hydrogens is 298 g/mol. The first-order valence-electron chi connectivity index (χ1n) is 6.37. The highest BCUT2D eigenvalue weighted by atomic mass is 35.5. The molecule has 0 spiro atoms. The van der Waals surface area contributed by atoms with Crippen LogP contribution in [0.5, 0.6) is 0 Å². The Balaban J connectivity index is 2.24. The molecule has 2 atom stereocenters. The highest BCUT2D eigenvalue weighted by Gasteiger charge is 2.26. The lowest BCUT2D eigenvalue weighted by atomic mass is 9.96. The Kier molecular flexibility index (Phi) is 4.66. The minimum absolute atomic E-state index is 0.0659. The smallest absolute Gasteiger partial charge is 0.240 e. The van der Waals surface area contributed by atoms with Crippen LogP contribution in [0.3, 0.4) is 0 Å². The summed E-state index contributed by atoms with van der Waals surface area (Å²) in [5, 5.41) is 12.3. The Morgan fingerprint density at radius 1 is 1.50 bits per heavy atom. The summed E-state index contributed by atoms with van der Waals surface area (Å²) in [7, 11) is -3.64. The van der Waals surface area contributed by atoms with Crippen molar-refractivity contribution >= 4 is 21.6 Å². The van der Waals surface area contributed by atoms with Crippen molar-refractivity contribution in [1.82, 2.24) is 10.0 Å². The molecule has 5 nitrogen and oxygen atoms in total. The summed E-state index contributed by atoms with van der Waals surface area (Å²) >= 11 is 5.81. The molecule has 2 N–H and O–H groups in total. The lowest BCUT2D eigenvalue weighted by Gasteiger charge is -2.30. The van der Waals surface area contributed by atoms with Crippen molar-refractivity contribution in [2.24, 2.45) is 5.92 Å². The minimum Gasteiger partial charge on any atom is -0.315 e. The van der Waals surface area contributed by atoms with Gasteiger partial charge in [-0.25, -0.2) is 13.1 Å². The van der Waals surface area contributed by atoms with E-state index in [9.17, 15) is 8.42 Å². The van der Waals surface area contributed by atoms with E-state index >= 15 is 0 Å². The summed E-state index contributed by atoms with van der Waals surface area (Å²) in [5.41, 5.74) is 0.157. The molecule has 1 heterocycles. The highest BCUT2D eigenvalue weighted by Crippen LogP contribution is 2.21. The SMILES string of the molecule is CC1CCNCC1NS(=O)(=O)c1ccc(Cl)c(C#N)c1. The van der Waals surface area contributed by atoms with E-state index in [-0.39, 0.29) is 27.4 Å². The summed E-state index contributed by atoms with van der Waals surface area (Å²) in [6.07, 6.45) is 0.928. The number of piperidine rings is 1. The molecule has 108 valence electrons. The zero-order valence-corrected chi connectivity index (χ0v) is 12.6. The normalized spacial score (nSPS) is 23.2. The molecule has 20 heavy (non-hydrogen) atoms. The van der Waals surface area contributed by atoms with E-state index in [1.54, 1.807) is 0 Å². The number of rotatable bonds is 3. The summed E-state index contributed by atoms with van der Waals surface area (Å²) in [5.74, 6) is 0.272. The zero-order chi connectivity index (χ0) is 14.8. The van der Waals surface area contributed by atoms with E-state index in [1.165, 1.54) is 18.2 Å². The van der Waals surface area contributed by atoms with Crippen LogP contribution in [0.15, 0.2) is 23.1 Å². The second kappa shape index (κ2) is 6.10. The molecule has 0 aliphatic carbocycles. The molecule has 0 bridgehead atoms. The van der Waals surface area contributed by atoms with E-state index in [0.717, 1.165) is 13.0 Å². The van der Waals surface area contributed by atoms with Crippen LogP contribution < -0.4 is 10.0 Å². The Hall–Kier alpha value is -1.13. The summed E-state index contributed by atoms with van der Waals surface area (Å²) in [6, 6.07) is 5.87. The van der Waals surface area contributed by atoms with Gasteiger partial charge in [0.1, 0.15) is 6.07 Å². The van der Waals surface area contributed by atoms with Gasteiger partial charge in [0.15, 0.2) is 0 Å². The Morgan fingerprint density at radius 3 is 2.90 bits per heavy atom. The van der Waals surface area contributed by atoms with E-state index < -0.39 is 10.0 Å². The molecule has 2 rings (SSSR count). The number of nitrogens with zero attached hydrogens (tertiary/aromatic N) is 1. The molecule has 0 amide bonds. The standard InChI is InChI=1S/C13H16ClN3O2S/c1-9-4-5-16-8-13(9)17-20(18,19)11-2-3-12(14)10(6-11)7-15/h2-3,6,9,13,16-17H,4-5,8H2,1H3. The zero-order valence-electron chi connectivity index (χ0n) is 11.1. The lowest BCUT2D eigenvalue weighted by molar-refractivity contribution is 0.327. The van der Waals surface area contributed by atoms with Crippen LogP contribution in [0.2, 0.25) is 5.02 Å². The fraction of sp³-hybridized carbons (Fsp3) is 0.462. The summed E-state index contributed by atoms with van der Waals surface area (Å²) < 4.78 is 27.4. The number of halogens is 1. The van der Waals surface area contributed by atoms with Gasteiger partial charge in [-0.2, -0.15) is 5.26 Å². The second-order valence-electron chi connectivity index (χ2n) is 4.95. The minimum atomic E-state index is -3.64. The van der Waals surface area contributed by atoms with E-state index in [4.69, 9.17) is 16.9 Å². The van der Waals surface area contributed by atoms with Crippen LogP contribution in [0.1, 0.15) is 18.9 Å². The van der Waals surface area contributed by atoms with Gasteiger partial charge in [-0.15, -0.1) is 0 Å². The van der Waals surface area contributed by atoms with Gasteiger partial charge in [0.05, 0.1) is 15.5 Å². The van der Waals surface area contributed by atoms with Crippen LogP contribution in [0.25, 0.3) is 0 Å². The number of hydrogen-bond donors (Lipinski definition) is 2. The molecule has 1 aromatic carbocycles. The Bertz CT molecular complexity index is 640. The van der Waals surface area contributed by atoms with Crippen molar-refractivity contribution in [2.75, 3.05) is 13.1 Å². The third kappa shape index (κ3) is 3.30. The second-order valence-corrected chi connectivity index (χ2v) is 7.07. The first-order chi connectivity index (χ1) is 9.44. The Morgan fingerprint density at radius 2 is 2.25 bits per heavy atom. The van der Waals surface area contributed by atoms with Crippen LogP contribution in [0, 0.1) is 17.2 Å². The quantitative estimate of drug-likeness (QED) is 0.885. The van der Waals surface area contributed by atoms with Gasteiger partial charge < -0.3 is 5.32 Å². The third-order valence-corrected chi connectivity index (χ3v) is 5.32. The summed E-state index contributed by atoms with van der Waals surface area (Å²) in [6.45, 7) is 3.54. The molecule has 1 fully saturated rings. The summed E-state index contributed by atoms with van der Waals surface area (Å²) in [4.78, 5) is 0.0659. The predicted molar refractivity (Wildman–Crippen MR) is 76.9 cm³/mol. The Labute approximate surface area is 124 Å². The molecule has 1 aliphatic rings. The molecule has 1 saturated heterocycles. The van der Waals surface area contributed by atoms with Crippen LogP contribution in [-0.2, 0) is 10.0 Å². The molecular formula is C13H16ClN3O2S. The first kappa shape index (κ1) is 15.3. The van der Waals surface area contributed by atoms with Crippen LogP contribution >= 0.6 is 11.6 Å². The fourth-order valence-corrected chi connectivity index (χ4v) is 3.70. The molecule has 0 saturated carbocycles. The van der Waals surface area contributed by atoms with Crippen molar-refractivity contribution < 1.29 is 8.42 Å².